The molecule has 15 heavy (non-hydrogen) atoms. The molecule has 0 aliphatic rings. The van der Waals surface area contributed by atoms with E-state index in [2.05, 4.69) is 0 Å². The van der Waals surface area contributed by atoms with Gasteiger partial charge in [0.2, 0.25) is 0 Å². The summed E-state index contributed by atoms with van der Waals surface area (Å²) in [6, 6.07) is 4.90. The molecule has 0 saturated heterocycles. The van der Waals surface area contributed by atoms with Crippen molar-refractivity contribution in [2.75, 3.05) is 0 Å². The van der Waals surface area contributed by atoms with Crippen LogP contribution in [0.2, 0.25) is 0 Å². The molecule has 4 heteroatoms. The third-order valence-corrected chi connectivity index (χ3v) is 1.97. The SMILES string of the molecule is Cc1ccc(O)c(CC(=O)CC(=O)O)c1. The fraction of sp³-hybridized carbons (Fsp3) is 0.273. The number of carboxylic acid groups (broad SMARTS) is 1. The van der Waals surface area contributed by atoms with E-state index in [1.165, 1.54) is 6.07 Å². The first-order chi connectivity index (χ1) is 6.99. The van der Waals surface area contributed by atoms with Crippen molar-refractivity contribution in [3.63, 3.8) is 0 Å². The lowest BCUT2D eigenvalue weighted by Crippen LogP contribution is -2.09. The zero-order chi connectivity index (χ0) is 11.4. The molecule has 0 spiro atoms. The second-order valence-corrected chi connectivity index (χ2v) is 3.42. The second-order valence-electron chi connectivity index (χ2n) is 3.42. The fourth-order valence-electron chi connectivity index (χ4n) is 1.30. The van der Waals surface area contributed by atoms with Gasteiger partial charge in [0.15, 0.2) is 0 Å². The van der Waals surface area contributed by atoms with Gasteiger partial charge >= 0.3 is 5.97 Å². The van der Waals surface area contributed by atoms with E-state index in [0.29, 0.717) is 5.56 Å². The monoisotopic (exact) mass is 208 g/mol. The number of carboxylic acids is 1. The van der Waals surface area contributed by atoms with E-state index in [0.717, 1.165) is 5.56 Å². The summed E-state index contributed by atoms with van der Waals surface area (Å²) < 4.78 is 0. The third-order valence-electron chi connectivity index (χ3n) is 1.97. The summed E-state index contributed by atoms with van der Waals surface area (Å²) in [4.78, 5) is 21.5. The Morgan fingerprint density at radius 2 is 2.00 bits per heavy atom. The molecule has 0 radical (unpaired) electrons. The first-order valence-electron chi connectivity index (χ1n) is 4.51. The Kier molecular flexibility index (Phi) is 3.44. The molecule has 1 rings (SSSR count). The lowest BCUT2D eigenvalue weighted by molar-refractivity contribution is -0.140. The highest BCUT2D eigenvalue weighted by atomic mass is 16.4. The first kappa shape index (κ1) is 11.2. The maximum atomic E-state index is 11.2. The highest BCUT2D eigenvalue weighted by molar-refractivity contribution is 5.96. The van der Waals surface area contributed by atoms with Gasteiger partial charge in [-0.1, -0.05) is 17.7 Å². The lowest BCUT2D eigenvalue weighted by Gasteiger charge is -2.03. The van der Waals surface area contributed by atoms with Crippen molar-refractivity contribution in [1.82, 2.24) is 0 Å². The fourth-order valence-corrected chi connectivity index (χ4v) is 1.30. The van der Waals surface area contributed by atoms with E-state index >= 15 is 0 Å². The summed E-state index contributed by atoms with van der Waals surface area (Å²) in [5.74, 6) is -1.53. The average molecular weight is 208 g/mol. The van der Waals surface area contributed by atoms with Crippen LogP contribution in [0, 0.1) is 6.92 Å². The minimum absolute atomic E-state index is 0.0272. The normalized spacial score (nSPS) is 9.93. The number of ketones is 1. The number of rotatable bonds is 4. The predicted molar refractivity (Wildman–Crippen MR) is 53.8 cm³/mol. The van der Waals surface area contributed by atoms with Crippen LogP contribution >= 0.6 is 0 Å². The molecule has 4 nitrogen and oxygen atoms in total. The summed E-state index contributed by atoms with van der Waals surface area (Å²) in [7, 11) is 0. The Hall–Kier alpha value is -1.84. The van der Waals surface area contributed by atoms with Gasteiger partial charge in [-0.25, -0.2) is 0 Å². The van der Waals surface area contributed by atoms with Crippen LogP contribution in [0.25, 0.3) is 0 Å². The van der Waals surface area contributed by atoms with Crippen LogP contribution in [0.5, 0.6) is 5.75 Å². The molecule has 1 aromatic rings. The van der Waals surface area contributed by atoms with Gasteiger partial charge in [0, 0.05) is 12.0 Å². The van der Waals surface area contributed by atoms with Gasteiger partial charge in [-0.15, -0.1) is 0 Å². The van der Waals surface area contributed by atoms with Crippen molar-refractivity contribution < 1.29 is 19.8 Å². The zero-order valence-electron chi connectivity index (χ0n) is 8.36. The molecule has 0 bridgehead atoms. The van der Waals surface area contributed by atoms with Gasteiger partial charge in [-0.3, -0.25) is 9.59 Å². The highest BCUT2D eigenvalue weighted by Gasteiger charge is 2.11. The van der Waals surface area contributed by atoms with E-state index < -0.39 is 18.2 Å². The molecule has 0 heterocycles. The molecule has 0 unspecified atom stereocenters. The third kappa shape index (κ3) is 3.42. The molecular formula is C11H12O4. The molecule has 80 valence electrons. The number of hydrogen-bond acceptors (Lipinski definition) is 3. The van der Waals surface area contributed by atoms with Crippen molar-refractivity contribution in [3.8, 4) is 5.75 Å². The summed E-state index contributed by atoms with van der Waals surface area (Å²) in [5, 5.41) is 17.8. The number of aryl methyl sites for hydroxylation is 1. The molecule has 0 fully saturated rings. The second kappa shape index (κ2) is 4.59. The molecule has 0 saturated carbocycles. The van der Waals surface area contributed by atoms with Crippen molar-refractivity contribution >= 4 is 11.8 Å². The van der Waals surface area contributed by atoms with Gasteiger partial charge in [0.25, 0.3) is 0 Å². The Labute approximate surface area is 87.2 Å². The van der Waals surface area contributed by atoms with Crippen LogP contribution in [0.15, 0.2) is 18.2 Å². The number of aromatic hydroxyl groups is 1. The van der Waals surface area contributed by atoms with Crippen molar-refractivity contribution in [3.05, 3.63) is 29.3 Å². The van der Waals surface area contributed by atoms with Crippen LogP contribution in [0.1, 0.15) is 17.5 Å². The van der Waals surface area contributed by atoms with Crippen molar-refractivity contribution in [1.29, 1.82) is 0 Å². The van der Waals surface area contributed by atoms with Crippen LogP contribution < -0.4 is 0 Å². The smallest absolute Gasteiger partial charge is 0.310 e. The quantitative estimate of drug-likeness (QED) is 0.731. The topological polar surface area (TPSA) is 74.6 Å². The molecule has 0 aromatic heterocycles. The number of carbonyl (C=O) groups is 2. The van der Waals surface area contributed by atoms with Gasteiger partial charge in [-0.05, 0) is 13.0 Å². The van der Waals surface area contributed by atoms with Crippen LogP contribution in [-0.2, 0) is 16.0 Å². The molecule has 0 aliphatic heterocycles. The Morgan fingerprint density at radius 1 is 1.33 bits per heavy atom. The summed E-state index contributed by atoms with van der Waals surface area (Å²) in [6.07, 6.45) is -0.548. The van der Waals surface area contributed by atoms with Gasteiger partial charge in [0.05, 0.1) is 0 Å². The van der Waals surface area contributed by atoms with E-state index in [4.69, 9.17) is 5.11 Å². The van der Waals surface area contributed by atoms with E-state index in [1.807, 2.05) is 6.92 Å². The summed E-state index contributed by atoms with van der Waals surface area (Å²) in [5.41, 5.74) is 1.40. The summed E-state index contributed by atoms with van der Waals surface area (Å²) in [6.45, 7) is 1.84. The molecular weight excluding hydrogens is 196 g/mol. The van der Waals surface area contributed by atoms with Crippen LogP contribution in [0.4, 0.5) is 0 Å². The number of benzene rings is 1. The predicted octanol–water partition coefficient (Wildman–Crippen LogP) is 1.29. The van der Waals surface area contributed by atoms with Crippen molar-refractivity contribution in [2.45, 2.75) is 19.8 Å². The molecule has 2 N–H and O–H groups in total. The zero-order valence-corrected chi connectivity index (χ0v) is 8.36. The van der Waals surface area contributed by atoms with Gasteiger partial charge in [0.1, 0.15) is 18.0 Å². The highest BCUT2D eigenvalue weighted by Crippen LogP contribution is 2.19. The Morgan fingerprint density at radius 3 is 2.60 bits per heavy atom. The number of carbonyl (C=O) groups excluding carboxylic acids is 1. The van der Waals surface area contributed by atoms with Crippen molar-refractivity contribution in [2.24, 2.45) is 0 Å². The molecule has 0 aliphatic carbocycles. The molecule has 0 amide bonds. The maximum absolute atomic E-state index is 11.2. The number of aliphatic carboxylic acids is 1. The van der Waals surface area contributed by atoms with Crippen LogP contribution in [-0.4, -0.2) is 22.0 Å². The number of phenols is 1. The van der Waals surface area contributed by atoms with E-state index in [-0.39, 0.29) is 12.2 Å². The minimum Gasteiger partial charge on any atom is -0.508 e. The maximum Gasteiger partial charge on any atom is 0.310 e. The number of phenolic OH excluding ortho intramolecular Hbond substituents is 1. The Bertz CT molecular complexity index is 396. The average Bonchev–Trinajstić information content (AvgIpc) is 2.10. The van der Waals surface area contributed by atoms with Crippen LogP contribution in [0.3, 0.4) is 0 Å². The lowest BCUT2D eigenvalue weighted by atomic mass is 10.0. The number of hydrogen-bond donors (Lipinski definition) is 2. The first-order valence-corrected chi connectivity index (χ1v) is 4.51. The largest absolute Gasteiger partial charge is 0.508 e. The van der Waals surface area contributed by atoms with E-state index in [9.17, 15) is 14.7 Å². The summed E-state index contributed by atoms with van der Waals surface area (Å²) >= 11 is 0. The van der Waals surface area contributed by atoms with Gasteiger partial charge in [-0.2, -0.15) is 0 Å². The van der Waals surface area contributed by atoms with E-state index in [1.54, 1.807) is 12.1 Å². The molecule has 0 atom stereocenters. The van der Waals surface area contributed by atoms with Gasteiger partial charge < -0.3 is 10.2 Å². The standard InChI is InChI=1S/C11H12O4/c1-7-2-3-10(13)8(4-7)5-9(12)6-11(14)15/h2-4,13H,5-6H2,1H3,(H,14,15). The Balaban J connectivity index is 2.76. The molecule has 1 aromatic carbocycles. The number of Topliss-reactive ketones (excluding diaryl/α,β-unsaturated/α-hetero) is 1. The minimum atomic E-state index is -1.15.